The molecule has 0 aromatic heterocycles. The topological polar surface area (TPSA) is 52.7 Å². The molecule has 1 aromatic carbocycles. The summed E-state index contributed by atoms with van der Waals surface area (Å²) in [5.74, 6) is -0.656. The second-order valence-corrected chi connectivity index (χ2v) is 6.90. The fraction of sp³-hybridized carbons (Fsp3) is 0.556. The Hall–Kier alpha value is -2.09. The molecule has 3 rings (SSSR count). The van der Waals surface area contributed by atoms with Crippen LogP contribution in [0.4, 0.5) is 18.9 Å². The van der Waals surface area contributed by atoms with Gasteiger partial charge in [-0.1, -0.05) is 0 Å². The molecule has 1 aromatic rings. The molecule has 2 heterocycles. The Balaban J connectivity index is 2.00. The zero-order valence-electron chi connectivity index (χ0n) is 14.8. The maximum Gasteiger partial charge on any atom is 0.416 e. The number of carbonyl (C=O) groups excluding carboxylic acids is 2. The zero-order valence-corrected chi connectivity index (χ0v) is 14.8. The minimum atomic E-state index is -4.59. The first-order chi connectivity index (χ1) is 12.2. The van der Waals surface area contributed by atoms with Crippen molar-refractivity contribution in [2.24, 2.45) is 0 Å². The molecular formula is C18H22F3N3O2. The first kappa shape index (κ1) is 18.7. The Morgan fingerprint density at radius 1 is 1.19 bits per heavy atom. The van der Waals surface area contributed by atoms with Gasteiger partial charge in [-0.05, 0) is 38.5 Å². The number of alkyl halides is 3. The molecule has 0 radical (unpaired) electrons. The molecule has 8 heteroatoms. The number of carbonyl (C=O) groups is 2. The lowest BCUT2D eigenvalue weighted by molar-refractivity contribution is -0.137. The number of nitrogens with zero attached hydrogens (tertiary/aromatic N) is 2. The van der Waals surface area contributed by atoms with E-state index in [1.807, 2.05) is 13.8 Å². The molecule has 5 nitrogen and oxygen atoms in total. The standard InChI is InChI=1S/C18H22F3N3O2/c1-11-12(2)23(7-5-22-11)17(26)13-8-14(18(19,20)21)10-15(9-13)24-6-3-4-16(24)25/h8-12,22H,3-7H2,1-2H3. The van der Waals surface area contributed by atoms with E-state index in [-0.39, 0.29) is 29.2 Å². The summed E-state index contributed by atoms with van der Waals surface area (Å²) in [5.41, 5.74) is -0.800. The predicted molar refractivity (Wildman–Crippen MR) is 91.0 cm³/mol. The number of anilines is 1. The van der Waals surface area contributed by atoms with Crippen molar-refractivity contribution in [3.63, 3.8) is 0 Å². The molecule has 0 spiro atoms. The minimum absolute atomic E-state index is 0.0320. The fourth-order valence-corrected chi connectivity index (χ4v) is 3.48. The van der Waals surface area contributed by atoms with Crippen LogP contribution < -0.4 is 10.2 Å². The van der Waals surface area contributed by atoms with Crippen LogP contribution in [0.1, 0.15) is 42.6 Å². The number of piperazine rings is 1. The molecule has 26 heavy (non-hydrogen) atoms. The zero-order chi connectivity index (χ0) is 19.1. The van der Waals surface area contributed by atoms with Gasteiger partial charge in [0, 0.05) is 49.4 Å². The van der Waals surface area contributed by atoms with Gasteiger partial charge in [0.25, 0.3) is 5.91 Å². The molecule has 0 saturated carbocycles. The third kappa shape index (κ3) is 3.56. The van der Waals surface area contributed by atoms with Crippen molar-refractivity contribution in [3.8, 4) is 0 Å². The third-order valence-corrected chi connectivity index (χ3v) is 5.17. The predicted octanol–water partition coefficient (Wildman–Crippen LogP) is 2.65. The molecule has 1 N–H and O–H groups in total. The maximum absolute atomic E-state index is 13.3. The van der Waals surface area contributed by atoms with Gasteiger partial charge in [-0.2, -0.15) is 13.2 Å². The van der Waals surface area contributed by atoms with Gasteiger partial charge in [0.2, 0.25) is 5.91 Å². The lowest BCUT2D eigenvalue weighted by atomic mass is 10.0. The molecule has 0 bridgehead atoms. The molecule has 2 atom stereocenters. The van der Waals surface area contributed by atoms with Crippen LogP contribution in [0.3, 0.4) is 0 Å². The van der Waals surface area contributed by atoms with Gasteiger partial charge >= 0.3 is 6.18 Å². The summed E-state index contributed by atoms with van der Waals surface area (Å²) in [4.78, 5) is 27.8. The number of hydrogen-bond acceptors (Lipinski definition) is 3. The molecule has 2 amide bonds. The van der Waals surface area contributed by atoms with Gasteiger partial charge < -0.3 is 15.1 Å². The van der Waals surface area contributed by atoms with Gasteiger partial charge in [-0.25, -0.2) is 0 Å². The van der Waals surface area contributed by atoms with E-state index in [1.165, 1.54) is 11.0 Å². The molecule has 2 fully saturated rings. The summed E-state index contributed by atoms with van der Waals surface area (Å²) < 4.78 is 40.0. The normalized spacial score (nSPS) is 24.3. The number of halogens is 3. The molecule has 142 valence electrons. The smallest absolute Gasteiger partial charge is 0.333 e. The van der Waals surface area contributed by atoms with Crippen LogP contribution >= 0.6 is 0 Å². The molecule has 2 aliphatic heterocycles. The second-order valence-electron chi connectivity index (χ2n) is 6.90. The monoisotopic (exact) mass is 369 g/mol. The molecular weight excluding hydrogens is 347 g/mol. The van der Waals surface area contributed by atoms with Crippen molar-refractivity contribution in [1.82, 2.24) is 10.2 Å². The number of nitrogens with one attached hydrogen (secondary N) is 1. The lowest BCUT2D eigenvalue weighted by Crippen LogP contribution is -2.57. The Bertz CT molecular complexity index is 720. The highest BCUT2D eigenvalue weighted by Gasteiger charge is 2.35. The average molecular weight is 369 g/mol. The highest BCUT2D eigenvalue weighted by molar-refractivity contribution is 5.99. The molecule has 2 unspecified atom stereocenters. The van der Waals surface area contributed by atoms with E-state index in [1.54, 1.807) is 4.90 Å². The van der Waals surface area contributed by atoms with Crippen molar-refractivity contribution in [1.29, 1.82) is 0 Å². The number of benzene rings is 1. The van der Waals surface area contributed by atoms with E-state index < -0.39 is 17.6 Å². The van der Waals surface area contributed by atoms with Crippen molar-refractivity contribution < 1.29 is 22.8 Å². The van der Waals surface area contributed by atoms with E-state index >= 15 is 0 Å². The minimum Gasteiger partial charge on any atom is -0.333 e. The Morgan fingerprint density at radius 3 is 2.54 bits per heavy atom. The number of amides is 2. The van der Waals surface area contributed by atoms with Crippen LogP contribution in [0.25, 0.3) is 0 Å². The quantitative estimate of drug-likeness (QED) is 0.872. The summed E-state index contributed by atoms with van der Waals surface area (Å²) in [6.07, 6.45) is -3.67. The highest BCUT2D eigenvalue weighted by atomic mass is 19.4. The lowest BCUT2D eigenvalue weighted by Gasteiger charge is -2.38. The molecule has 0 aliphatic carbocycles. The van der Waals surface area contributed by atoms with E-state index in [0.717, 1.165) is 12.1 Å². The Morgan fingerprint density at radius 2 is 1.92 bits per heavy atom. The summed E-state index contributed by atoms with van der Waals surface area (Å²) in [5, 5.41) is 3.24. The van der Waals surface area contributed by atoms with Crippen molar-refractivity contribution in [3.05, 3.63) is 29.3 Å². The summed E-state index contributed by atoms with van der Waals surface area (Å²) in [7, 11) is 0. The average Bonchev–Trinajstić information content (AvgIpc) is 3.01. The van der Waals surface area contributed by atoms with E-state index in [4.69, 9.17) is 0 Å². The van der Waals surface area contributed by atoms with Crippen LogP contribution in [0.15, 0.2) is 18.2 Å². The highest BCUT2D eigenvalue weighted by Crippen LogP contribution is 2.34. The van der Waals surface area contributed by atoms with Crippen molar-refractivity contribution in [2.75, 3.05) is 24.5 Å². The van der Waals surface area contributed by atoms with Crippen LogP contribution in [-0.4, -0.2) is 48.4 Å². The van der Waals surface area contributed by atoms with Crippen LogP contribution in [0.2, 0.25) is 0 Å². The van der Waals surface area contributed by atoms with Gasteiger partial charge in [0.1, 0.15) is 0 Å². The van der Waals surface area contributed by atoms with Gasteiger partial charge in [-0.3, -0.25) is 9.59 Å². The van der Waals surface area contributed by atoms with Gasteiger partial charge in [0.15, 0.2) is 0 Å². The Labute approximate surface area is 150 Å². The first-order valence-corrected chi connectivity index (χ1v) is 8.75. The van der Waals surface area contributed by atoms with Crippen LogP contribution in [0.5, 0.6) is 0 Å². The number of hydrogen-bond donors (Lipinski definition) is 1. The van der Waals surface area contributed by atoms with Crippen LogP contribution in [0, 0.1) is 0 Å². The second kappa shape index (κ2) is 6.90. The largest absolute Gasteiger partial charge is 0.416 e. The summed E-state index contributed by atoms with van der Waals surface area (Å²) in [6.45, 7) is 5.19. The van der Waals surface area contributed by atoms with Crippen molar-refractivity contribution >= 4 is 17.5 Å². The molecule has 2 saturated heterocycles. The van der Waals surface area contributed by atoms with E-state index in [0.29, 0.717) is 32.5 Å². The third-order valence-electron chi connectivity index (χ3n) is 5.17. The summed E-state index contributed by atoms with van der Waals surface area (Å²) in [6, 6.07) is 3.15. The van der Waals surface area contributed by atoms with Gasteiger partial charge in [-0.15, -0.1) is 0 Å². The van der Waals surface area contributed by atoms with E-state index in [2.05, 4.69) is 5.32 Å². The Kier molecular flexibility index (Phi) is 4.96. The fourth-order valence-electron chi connectivity index (χ4n) is 3.48. The first-order valence-electron chi connectivity index (χ1n) is 8.75. The van der Waals surface area contributed by atoms with Gasteiger partial charge in [0.05, 0.1) is 5.56 Å². The SMILES string of the molecule is CC1NCCN(C(=O)c2cc(N3CCCC3=O)cc(C(F)(F)F)c2)C1C. The summed E-state index contributed by atoms with van der Waals surface area (Å²) >= 11 is 0. The number of rotatable bonds is 2. The van der Waals surface area contributed by atoms with Crippen LogP contribution in [-0.2, 0) is 11.0 Å². The van der Waals surface area contributed by atoms with E-state index in [9.17, 15) is 22.8 Å². The maximum atomic E-state index is 13.3. The molecule has 2 aliphatic rings. The van der Waals surface area contributed by atoms with Crippen molar-refractivity contribution in [2.45, 2.75) is 44.9 Å².